The minimum Gasteiger partial charge on any atom is -0.321 e. The van der Waals surface area contributed by atoms with Gasteiger partial charge in [-0.3, -0.25) is 9.00 Å². The maximum atomic E-state index is 12.6. The van der Waals surface area contributed by atoms with Crippen molar-refractivity contribution in [2.75, 3.05) is 5.32 Å². The normalized spacial score (nSPS) is 11.9. The molecule has 0 aliphatic carbocycles. The van der Waals surface area contributed by atoms with Gasteiger partial charge >= 0.3 is 0 Å². The second-order valence-corrected chi connectivity index (χ2v) is 9.39. The van der Waals surface area contributed by atoms with Gasteiger partial charge in [-0.25, -0.2) is 4.98 Å². The average Bonchev–Trinajstić information content (AvgIpc) is 3.41. The molecule has 2 heterocycles. The lowest BCUT2D eigenvalue weighted by molar-refractivity contribution is 0.103. The first-order valence-corrected chi connectivity index (χ1v) is 11.5. The van der Waals surface area contributed by atoms with Crippen LogP contribution in [0, 0.1) is 0 Å². The fraction of sp³-hybridized carbons (Fsp3) is 0.0476. The van der Waals surface area contributed by atoms with Crippen molar-refractivity contribution in [3.05, 3.63) is 88.7 Å². The molecule has 4 nitrogen and oxygen atoms in total. The number of thiazole rings is 1. The predicted octanol–water partition coefficient (Wildman–Crippen LogP) is 5.43. The number of aromatic nitrogens is 1. The number of thiophene rings is 1. The third kappa shape index (κ3) is 4.44. The largest absolute Gasteiger partial charge is 0.321 e. The van der Waals surface area contributed by atoms with Gasteiger partial charge in [0.1, 0.15) is 9.88 Å². The van der Waals surface area contributed by atoms with Crippen LogP contribution in [0.1, 0.15) is 15.2 Å². The molecule has 0 bridgehead atoms. The summed E-state index contributed by atoms with van der Waals surface area (Å²) in [5.74, 6) is 0.207. The van der Waals surface area contributed by atoms with Crippen LogP contribution in [0.3, 0.4) is 0 Å². The first-order chi connectivity index (χ1) is 13.7. The highest BCUT2D eigenvalue weighted by Gasteiger charge is 2.13. The van der Waals surface area contributed by atoms with Crippen LogP contribution >= 0.6 is 22.7 Å². The first kappa shape index (κ1) is 18.7. The molecule has 1 amide bonds. The van der Waals surface area contributed by atoms with Gasteiger partial charge in [-0.2, -0.15) is 0 Å². The summed E-state index contributed by atoms with van der Waals surface area (Å²) in [6.45, 7) is 0. The van der Waals surface area contributed by atoms with E-state index in [1.165, 1.54) is 11.3 Å². The molecule has 0 aliphatic heterocycles. The molecule has 28 heavy (non-hydrogen) atoms. The highest BCUT2D eigenvalue weighted by Crippen LogP contribution is 2.29. The Kier molecular flexibility index (Phi) is 5.76. The van der Waals surface area contributed by atoms with Gasteiger partial charge in [-0.15, -0.1) is 22.7 Å². The zero-order valence-corrected chi connectivity index (χ0v) is 17.2. The molecular weight excluding hydrogens is 408 g/mol. The molecule has 140 valence electrons. The van der Waals surface area contributed by atoms with Gasteiger partial charge < -0.3 is 5.32 Å². The zero-order chi connectivity index (χ0) is 19.3. The van der Waals surface area contributed by atoms with Crippen molar-refractivity contribution in [1.29, 1.82) is 0 Å². The van der Waals surface area contributed by atoms with Crippen LogP contribution in [0.4, 0.5) is 5.69 Å². The van der Waals surface area contributed by atoms with E-state index in [-0.39, 0.29) is 5.91 Å². The minimum absolute atomic E-state index is 0.193. The maximum Gasteiger partial charge on any atom is 0.267 e. The number of anilines is 1. The van der Waals surface area contributed by atoms with E-state index in [9.17, 15) is 9.00 Å². The van der Waals surface area contributed by atoms with Crippen LogP contribution in [-0.4, -0.2) is 15.1 Å². The van der Waals surface area contributed by atoms with Crippen molar-refractivity contribution in [3.8, 4) is 9.88 Å². The number of nitrogens with zero attached hydrogens (tertiary/aromatic N) is 1. The summed E-state index contributed by atoms with van der Waals surface area (Å²) < 4.78 is 12.5. The maximum absolute atomic E-state index is 12.6. The lowest BCUT2D eigenvalue weighted by atomic mass is 10.2. The van der Waals surface area contributed by atoms with Crippen LogP contribution in [0.25, 0.3) is 9.88 Å². The Balaban J connectivity index is 1.44. The van der Waals surface area contributed by atoms with Crippen LogP contribution in [0.5, 0.6) is 0 Å². The molecule has 1 atom stereocenters. The van der Waals surface area contributed by atoms with Crippen molar-refractivity contribution in [2.45, 2.75) is 10.6 Å². The monoisotopic (exact) mass is 424 g/mol. The van der Waals surface area contributed by atoms with Crippen LogP contribution in [-0.2, 0) is 16.6 Å². The van der Waals surface area contributed by atoms with Gasteiger partial charge in [0.2, 0.25) is 0 Å². The van der Waals surface area contributed by atoms with Crippen molar-refractivity contribution in [2.24, 2.45) is 0 Å². The number of carbonyl (C=O) groups excluding carboxylic acids is 1. The highest BCUT2D eigenvalue weighted by atomic mass is 32.2. The van der Waals surface area contributed by atoms with Crippen molar-refractivity contribution in [1.82, 2.24) is 4.98 Å². The van der Waals surface area contributed by atoms with E-state index < -0.39 is 10.8 Å². The van der Waals surface area contributed by atoms with Crippen molar-refractivity contribution >= 4 is 45.1 Å². The Hall–Kier alpha value is -2.61. The van der Waals surface area contributed by atoms with Crippen LogP contribution in [0.2, 0.25) is 0 Å². The molecule has 0 fully saturated rings. The summed E-state index contributed by atoms with van der Waals surface area (Å²) in [7, 11) is -1.12. The summed E-state index contributed by atoms with van der Waals surface area (Å²) in [6.07, 6.45) is 1.60. The molecular formula is C21H16N2O2S3. The van der Waals surface area contributed by atoms with E-state index >= 15 is 0 Å². The van der Waals surface area contributed by atoms with Crippen molar-refractivity contribution in [3.63, 3.8) is 0 Å². The van der Waals surface area contributed by atoms with E-state index in [1.54, 1.807) is 17.5 Å². The van der Waals surface area contributed by atoms with E-state index in [1.807, 2.05) is 72.1 Å². The van der Waals surface area contributed by atoms with Crippen LogP contribution < -0.4 is 5.32 Å². The van der Waals surface area contributed by atoms with Gasteiger partial charge in [0, 0.05) is 10.6 Å². The van der Waals surface area contributed by atoms with Gasteiger partial charge in [0.05, 0.1) is 27.6 Å². The van der Waals surface area contributed by atoms with Crippen LogP contribution in [0.15, 0.2) is 83.2 Å². The first-order valence-electron chi connectivity index (χ1n) is 8.52. The molecule has 1 unspecified atom stereocenters. The summed E-state index contributed by atoms with van der Waals surface area (Å²) >= 11 is 2.97. The number of nitrogens with one attached hydrogen (secondary N) is 1. The van der Waals surface area contributed by atoms with Gasteiger partial charge in [0.25, 0.3) is 5.91 Å². The van der Waals surface area contributed by atoms with E-state index in [4.69, 9.17) is 0 Å². The molecule has 7 heteroatoms. The molecule has 0 spiro atoms. The van der Waals surface area contributed by atoms with Gasteiger partial charge in [-0.05, 0) is 41.3 Å². The summed E-state index contributed by atoms with van der Waals surface area (Å²) in [6, 6.07) is 20.8. The quantitative estimate of drug-likeness (QED) is 0.449. The fourth-order valence-electron chi connectivity index (χ4n) is 2.63. The number of rotatable bonds is 6. The number of hydrogen-bond acceptors (Lipinski definition) is 5. The number of hydrogen-bond donors (Lipinski definition) is 1. The lowest BCUT2D eigenvalue weighted by Crippen LogP contribution is -2.10. The highest BCUT2D eigenvalue weighted by molar-refractivity contribution is 7.84. The molecule has 4 rings (SSSR count). The Labute approximate surface area is 173 Å². The van der Waals surface area contributed by atoms with E-state index in [2.05, 4.69) is 10.3 Å². The SMILES string of the molecule is O=C(Nc1cccc(CS(=O)c2ccccc2)c1)c1cnc(-c2cccs2)s1. The molecule has 0 radical (unpaired) electrons. The molecule has 0 saturated carbocycles. The zero-order valence-electron chi connectivity index (χ0n) is 14.7. The predicted molar refractivity (Wildman–Crippen MR) is 116 cm³/mol. The molecule has 2 aromatic heterocycles. The Morgan fingerprint density at radius 3 is 2.68 bits per heavy atom. The Bertz CT molecular complexity index is 1110. The van der Waals surface area contributed by atoms with Crippen molar-refractivity contribution < 1.29 is 9.00 Å². The van der Waals surface area contributed by atoms with E-state index in [0.717, 1.165) is 20.3 Å². The molecule has 0 saturated heterocycles. The molecule has 1 N–H and O–H groups in total. The second-order valence-electron chi connectivity index (χ2n) is 5.96. The smallest absolute Gasteiger partial charge is 0.267 e. The summed E-state index contributed by atoms with van der Waals surface area (Å²) in [5, 5.41) is 5.73. The van der Waals surface area contributed by atoms with E-state index in [0.29, 0.717) is 16.3 Å². The average molecular weight is 425 g/mol. The summed E-state index contributed by atoms with van der Waals surface area (Å²) in [5.41, 5.74) is 1.59. The fourth-order valence-corrected chi connectivity index (χ4v) is 5.36. The number of benzene rings is 2. The molecule has 4 aromatic rings. The Morgan fingerprint density at radius 1 is 1.04 bits per heavy atom. The third-order valence-electron chi connectivity index (χ3n) is 3.95. The summed E-state index contributed by atoms with van der Waals surface area (Å²) in [4.78, 5) is 19.3. The third-order valence-corrected chi connectivity index (χ3v) is 7.38. The van der Waals surface area contributed by atoms with Gasteiger partial charge in [-0.1, -0.05) is 36.4 Å². The molecule has 2 aromatic carbocycles. The van der Waals surface area contributed by atoms with Gasteiger partial charge in [0.15, 0.2) is 0 Å². The number of amides is 1. The minimum atomic E-state index is -1.12. The molecule has 0 aliphatic rings. The second kappa shape index (κ2) is 8.60. The Morgan fingerprint density at radius 2 is 1.89 bits per heavy atom. The number of carbonyl (C=O) groups is 1. The topological polar surface area (TPSA) is 59.1 Å². The standard InChI is InChI=1S/C21H16N2O2S3/c24-20(19-13-22-21(27-19)18-10-5-11-26-18)23-16-7-4-6-15(12-16)14-28(25)17-8-2-1-3-9-17/h1-13H,14H2,(H,23,24). The lowest BCUT2D eigenvalue weighted by Gasteiger charge is -2.07.